The molecule has 0 spiro atoms. The molecule has 13 heavy (non-hydrogen) atoms. The topological polar surface area (TPSA) is 12.9 Å². The number of rotatable bonds is 2. The molecule has 0 amide bonds. The van der Waals surface area contributed by atoms with Crippen LogP contribution in [-0.4, -0.2) is 4.98 Å². The minimum Gasteiger partial charge on any atom is -0.260 e. The van der Waals surface area contributed by atoms with E-state index < -0.39 is 0 Å². The van der Waals surface area contributed by atoms with E-state index in [1.807, 2.05) is 6.20 Å². The van der Waals surface area contributed by atoms with Crippen molar-refractivity contribution in [2.24, 2.45) is 0 Å². The van der Waals surface area contributed by atoms with E-state index in [0.29, 0.717) is 11.8 Å². The Morgan fingerprint density at radius 2 is 1.69 bits per heavy atom. The molecule has 0 saturated heterocycles. The van der Waals surface area contributed by atoms with Crippen molar-refractivity contribution in [3.63, 3.8) is 0 Å². The van der Waals surface area contributed by atoms with Gasteiger partial charge >= 0.3 is 0 Å². The molecular formula is C12H19N. The Balaban J connectivity index is 3.19. The first-order valence-electron chi connectivity index (χ1n) is 4.98. The fourth-order valence-corrected chi connectivity index (χ4v) is 1.55. The monoisotopic (exact) mass is 177 g/mol. The van der Waals surface area contributed by atoms with Crippen LogP contribution in [0.2, 0.25) is 0 Å². The van der Waals surface area contributed by atoms with Crippen LogP contribution in [0.5, 0.6) is 0 Å². The van der Waals surface area contributed by atoms with Gasteiger partial charge in [-0.05, 0) is 29.9 Å². The average molecular weight is 177 g/mol. The lowest BCUT2D eigenvalue weighted by atomic mass is 9.94. The molecule has 1 aromatic heterocycles. The Labute approximate surface area is 81.2 Å². The molecule has 1 heterocycles. The van der Waals surface area contributed by atoms with Gasteiger partial charge in [-0.1, -0.05) is 33.8 Å². The first-order chi connectivity index (χ1) is 6.02. The SMILES string of the molecule is Cc1cnc(C(C)C)c(C(C)C)c1. The zero-order valence-corrected chi connectivity index (χ0v) is 9.26. The van der Waals surface area contributed by atoms with E-state index in [2.05, 4.69) is 45.7 Å². The van der Waals surface area contributed by atoms with Gasteiger partial charge in [0.05, 0.1) is 0 Å². The van der Waals surface area contributed by atoms with E-state index in [-0.39, 0.29) is 0 Å². The minimum absolute atomic E-state index is 0.526. The highest BCUT2D eigenvalue weighted by Gasteiger charge is 2.10. The van der Waals surface area contributed by atoms with Gasteiger partial charge in [0.2, 0.25) is 0 Å². The van der Waals surface area contributed by atoms with Crippen molar-refractivity contribution < 1.29 is 0 Å². The first-order valence-corrected chi connectivity index (χ1v) is 4.98. The first kappa shape index (κ1) is 10.2. The maximum absolute atomic E-state index is 4.50. The quantitative estimate of drug-likeness (QED) is 0.672. The van der Waals surface area contributed by atoms with E-state index in [0.717, 1.165) is 0 Å². The van der Waals surface area contributed by atoms with Crippen LogP contribution >= 0.6 is 0 Å². The van der Waals surface area contributed by atoms with Crippen molar-refractivity contribution in [3.05, 3.63) is 29.1 Å². The average Bonchev–Trinajstić information content (AvgIpc) is 2.03. The molecule has 0 aliphatic rings. The highest BCUT2D eigenvalue weighted by molar-refractivity contribution is 5.29. The molecule has 0 aromatic carbocycles. The van der Waals surface area contributed by atoms with Crippen LogP contribution in [0.25, 0.3) is 0 Å². The van der Waals surface area contributed by atoms with Gasteiger partial charge in [0.25, 0.3) is 0 Å². The summed E-state index contributed by atoms with van der Waals surface area (Å²) in [5.41, 5.74) is 3.91. The van der Waals surface area contributed by atoms with E-state index in [9.17, 15) is 0 Å². The smallest absolute Gasteiger partial charge is 0.0463 e. The van der Waals surface area contributed by atoms with Gasteiger partial charge in [0.15, 0.2) is 0 Å². The van der Waals surface area contributed by atoms with Gasteiger partial charge in [-0.25, -0.2) is 0 Å². The zero-order valence-electron chi connectivity index (χ0n) is 9.26. The molecule has 0 N–H and O–H groups in total. The molecular weight excluding hydrogens is 158 g/mol. The molecule has 0 atom stereocenters. The summed E-state index contributed by atoms with van der Waals surface area (Å²) in [5.74, 6) is 1.10. The second kappa shape index (κ2) is 3.91. The lowest BCUT2D eigenvalue weighted by Crippen LogP contribution is -2.02. The highest BCUT2D eigenvalue weighted by Crippen LogP contribution is 2.24. The lowest BCUT2D eigenvalue weighted by Gasteiger charge is -2.14. The largest absolute Gasteiger partial charge is 0.260 e. The van der Waals surface area contributed by atoms with Crippen LogP contribution < -0.4 is 0 Å². The van der Waals surface area contributed by atoms with Crippen LogP contribution in [0.15, 0.2) is 12.3 Å². The van der Waals surface area contributed by atoms with Gasteiger partial charge in [-0.3, -0.25) is 4.98 Å². The molecule has 0 aliphatic carbocycles. The summed E-state index contributed by atoms with van der Waals surface area (Å²) in [6.45, 7) is 10.9. The Hall–Kier alpha value is -0.850. The van der Waals surface area contributed by atoms with Crippen molar-refractivity contribution in [2.45, 2.75) is 46.5 Å². The van der Waals surface area contributed by atoms with Crippen LogP contribution in [0, 0.1) is 6.92 Å². The summed E-state index contributed by atoms with van der Waals surface area (Å²) in [6.07, 6.45) is 1.96. The maximum atomic E-state index is 4.50. The molecule has 0 fully saturated rings. The summed E-state index contributed by atoms with van der Waals surface area (Å²) in [5, 5.41) is 0. The zero-order chi connectivity index (χ0) is 10.0. The second-order valence-electron chi connectivity index (χ2n) is 4.30. The predicted octanol–water partition coefficient (Wildman–Crippen LogP) is 3.64. The van der Waals surface area contributed by atoms with Crippen LogP contribution in [0.4, 0.5) is 0 Å². The Morgan fingerprint density at radius 1 is 1.08 bits per heavy atom. The third-order valence-corrected chi connectivity index (χ3v) is 2.26. The normalized spacial score (nSPS) is 11.3. The lowest BCUT2D eigenvalue weighted by molar-refractivity contribution is 0.755. The van der Waals surface area contributed by atoms with E-state index in [1.165, 1.54) is 16.8 Å². The molecule has 0 radical (unpaired) electrons. The third kappa shape index (κ3) is 2.30. The number of nitrogens with zero attached hydrogens (tertiary/aromatic N) is 1. The minimum atomic E-state index is 0.526. The summed E-state index contributed by atoms with van der Waals surface area (Å²) >= 11 is 0. The molecule has 0 bridgehead atoms. The number of aromatic nitrogens is 1. The number of aryl methyl sites for hydroxylation is 1. The highest BCUT2D eigenvalue weighted by atomic mass is 14.7. The Kier molecular flexibility index (Phi) is 3.07. The molecule has 0 saturated carbocycles. The molecule has 1 nitrogen and oxygen atoms in total. The maximum Gasteiger partial charge on any atom is 0.0463 e. The Bertz CT molecular complexity index is 287. The van der Waals surface area contributed by atoms with Gasteiger partial charge in [0, 0.05) is 11.9 Å². The van der Waals surface area contributed by atoms with Gasteiger partial charge < -0.3 is 0 Å². The predicted molar refractivity (Wildman–Crippen MR) is 57.2 cm³/mol. The van der Waals surface area contributed by atoms with E-state index in [4.69, 9.17) is 0 Å². The van der Waals surface area contributed by atoms with Crippen molar-refractivity contribution in [1.82, 2.24) is 4.98 Å². The summed E-state index contributed by atoms with van der Waals surface area (Å²) in [7, 11) is 0. The second-order valence-corrected chi connectivity index (χ2v) is 4.30. The molecule has 0 aliphatic heterocycles. The van der Waals surface area contributed by atoms with Crippen molar-refractivity contribution >= 4 is 0 Å². The molecule has 72 valence electrons. The molecule has 1 heteroatoms. The number of hydrogen-bond acceptors (Lipinski definition) is 1. The van der Waals surface area contributed by atoms with Crippen molar-refractivity contribution in [1.29, 1.82) is 0 Å². The van der Waals surface area contributed by atoms with Gasteiger partial charge in [0.1, 0.15) is 0 Å². The standard InChI is InChI=1S/C12H19N/c1-8(2)11-6-10(5)7-13-12(11)9(3)4/h6-9H,1-5H3. The summed E-state index contributed by atoms with van der Waals surface area (Å²) in [6, 6.07) is 2.26. The number of hydrogen-bond donors (Lipinski definition) is 0. The van der Waals surface area contributed by atoms with Gasteiger partial charge in [-0.15, -0.1) is 0 Å². The summed E-state index contributed by atoms with van der Waals surface area (Å²) in [4.78, 5) is 4.50. The van der Waals surface area contributed by atoms with E-state index >= 15 is 0 Å². The Morgan fingerprint density at radius 3 is 2.15 bits per heavy atom. The van der Waals surface area contributed by atoms with Crippen molar-refractivity contribution in [3.8, 4) is 0 Å². The summed E-state index contributed by atoms with van der Waals surface area (Å²) < 4.78 is 0. The van der Waals surface area contributed by atoms with Crippen molar-refractivity contribution in [2.75, 3.05) is 0 Å². The third-order valence-electron chi connectivity index (χ3n) is 2.26. The van der Waals surface area contributed by atoms with Crippen LogP contribution in [0.1, 0.15) is 56.4 Å². The molecule has 0 unspecified atom stereocenters. The number of pyridine rings is 1. The van der Waals surface area contributed by atoms with Crippen LogP contribution in [0.3, 0.4) is 0 Å². The fourth-order valence-electron chi connectivity index (χ4n) is 1.55. The molecule has 1 aromatic rings. The fraction of sp³-hybridized carbons (Fsp3) is 0.583. The van der Waals surface area contributed by atoms with Gasteiger partial charge in [-0.2, -0.15) is 0 Å². The van der Waals surface area contributed by atoms with E-state index in [1.54, 1.807) is 0 Å². The van der Waals surface area contributed by atoms with Crippen LogP contribution in [-0.2, 0) is 0 Å². The molecule has 1 rings (SSSR count).